The lowest BCUT2D eigenvalue weighted by Gasteiger charge is -2.20. The second-order valence-electron chi connectivity index (χ2n) is 4.14. The van der Waals surface area contributed by atoms with Crippen molar-refractivity contribution in [3.05, 3.63) is 30.1 Å². The largest absolute Gasteiger partial charge is 0.411 e. The van der Waals surface area contributed by atoms with Crippen LogP contribution in [0.15, 0.2) is 34.7 Å². The van der Waals surface area contributed by atoms with E-state index in [1.54, 1.807) is 20.0 Å². The first-order valence-electron chi connectivity index (χ1n) is 5.63. The molecule has 1 aromatic heterocycles. The molecule has 6 nitrogen and oxygen atoms in total. The Morgan fingerprint density at radius 2 is 1.78 bits per heavy atom. The highest BCUT2D eigenvalue weighted by atomic mass is 16.4. The van der Waals surface area contributed by atoms with Gasteiger partial charge >= 0.3 is 0 Å². The molecule has 1 aromatic rings. The molecule has 2 N–H and O–H groups in total. The summed E-state index contributed by atoms with van der Waals surface area (Å²) in [5.74, 6) is 0. The smallest absolute Gasteiger partial charge is 0.0680 e. The summed E-state index contributed by atoms with van der Waals surface area (Å²) in [7, 11) is 0. The highest BCUT2D eigenvalue weighted by Gasteiger charge is 2.10. The van der Waals surface area contributed by atoms with Crippen molar-refractivity contribution in [3.8, 4) is 0 Å². The molecule has 0 amide bonds. The topological polar surface area (TPSA) is 81.3 Å². The maximum absolute atomic E-state index is 8.71. The number of pyridine rings is 1. The van der Waals surface area contributed by atoms with Crippen LogP contribution in [0, 0.1) is 0 Å². The summed E-state index contributed by atoms with van der Waals surface area (Å²) in [4.78, 5) is 6.22. The van der Waals surface area contributed by atoms with Gasteiger partial charge in [-0.1, -0.05) is 16.4 Å². The third-order valence-corrected chi connectivity index (χ3v) is 2.36. The Morgan fingerprint density at radius 3 is 2.22 bits per heavy atom. The third-order valence-electron chi connectivity index (χ3n) is 2.36. The molecule has 18 heavy (non-hydrogen) atoms. The summed E-state index contributed by atoms with van der Waals surface area (Å²) in [5, 5.41) is 23.7. The number of rotatable bonds is 6. The second-order valence-corrected chi connectivity index (χ2v) is 4.14. The van der Waals surface area contributed by atoms with E-state index >= 15 is 0 Å². The summed E-state index contributed by atoms with van der Waals surface area (Å²) < 4.78 is 0. The quantitative estimate of drug-likeness (QED) is 0.456. The number of hydrogen-bond acceptors (Lipinski definition) is 6. The van der Waals surface area contributed by atoms with Crippen LogP contribution in [0.2, 0.25) is 0 Å². The molecule has 1 rings (SSSR count). The predicted octanol–water partition coefficient (Wildman–Crippen LogP) is 1.58. The van der Waals surface area contributed by atoms with Gasteiger partial charge in [0.15, 0.2) is 0 Å². The average molecular weight is 250 g/mol. The van der Waals surface area contributed by atoms with E-state index in [1.165, 1.54) is 0 Å². The van der Waals surface area contributed by atoms with Gasteiger partial charge in [-0.05, 0) is 26.0 Å². The van der Waals surface area contributed by atoms with Gasteiger partial charge in [0.2, 0.25) is 0 Å². The molecule has 0 unspecified atom stereocenters. The fraction of sp³-hybridized carbons (Fsp3) is 0.417. The zero-order valence-electron chi connectivity index (χ0n) is 10.6. The Morgan fingerprint density at radius 1 is 1.17 bits per heavy atom. The summed E-state index contributed by atoms with van der Waals surface area (Å²) >= 11 is 0. The third kappa shape index (κ3) is 4.92. The molecule has 6 heteroatoms. The Labute approximate surface area is 106 Å². The van der Waals surface area contributed by atoms with Crippen molar-refractivity contribution in [2.75, 3.05) is 13.1 Å². The molecule has 0 aromatic carbocycles. The van der Waals surface area contributed by atoms with Crippen LogP contribution >= 0.6 is 0 Å². The maximum Gasteiger partial charge on any atom is 0.0680 e. The Balaban J connectivity index is 2.71. The van der Waals surface area contributed by atoms with E-state index in [-0.39, 0.29) is 0 Å². The molecule has 0 aliphatic heterocycles. The fourth-order valence-electron chi connectivity index (χ4n) is 1.60. The van der Waals surface area contributed by atoms with Crippen molar-refractivity contribution < 1.29 is 10.4 Å². The molecule has 1 heterocycles. The minimum atomic E-state index is 0.486. The molecule has 0 bridgehead atoms. The standard InChI is InChI=1S/C12H18N4O2/c1-10(14-17)7-16(8-11(2)15-18)9-12-5-3-4-6-13-12/h3-6,17-18H,7-9H2,1-2H3/b14-10+,15-11+. The van der Waals surface area contributed by atoms with E-state index in [2.05, 4.69) is 15.3 Å². The normalized spacial score (nSPS) is 13.1. The van der Waals surface area contributed by atoms with Crippen molar-refractivity contribution in [2.24, 2.45) is 10.3 Å². The molecule has 0 aliphatic carbocycles. The zero-order valence-corrected chi connectivity index (χ0v) is 10.6. The van der Waals surface area contributed by atoms with Gasteiger partial charge in [0.25, 0.3) is 0 Å². The Bertz CT molecular complexity index is 397. The fourth-order valence-corrected chi connectivity index (χ4v) is 1.60. The molecular weight excluding hydrogens is 232 g/mol. The van der Waals surface area contributed by atoms with Crippen molar-refractivity contribution in [3.63, 3.8) is 0 Å². The van der Waals surface area contributed by atoms with Crippen molar-refractivity contribution in [1.82, 2.24) is 9.88 Å². The number of hydrogen-bond donors (Lipinski definition) is 2. The lowest BCUT2D eigenvalue weighted by atomic mass is 10.2. The van der Waals surface area contributed by atoms with E-state index in [9.17, 15) is 0 Å². The van der Waals surface area contributed by atoms with Gasteiger partial charge in [0.1, 0.15) is 0 Å². The van der Waals surface area contributed by atoms with Gasteiger partial charge in [-0.2, -0.15) is 0 Å². The first kappa shape index (κ1) is 14.1. The van der Waals surface area contributed by atoms with Gasteiger partial charge in [-0.25, -0.2) is 0 Å². The van der Waals surface area contributed by atoms with Gasteiger partial charge in [-0.3, -0.25) is 9.88 Å². The van der Waals surface area contributed by atoms with E-state index in [4.69, 9.17) is 10.4 Å². The molecule has 0 atom stereocenters. The average Bonchev–Trinajstić information content (AvgIpc) is 2.39. The molecule has 0 fully saturated rings. The number of nitrogens with zero attached hydrogens (tertiary/aromatic N) is 4. The molecule has 0 saturated heterocycles. The molecule has 0 saturated carbocycles. The molecule has 0 spiro atoms. The van der Waals surface area contributed by atoms with Crippen LogP contribution < -0.4 is 0 Å². The van der Waals surface area contributed by atoms with E-state index in [0.717, 1.165) is 5.69 Å². The lowest BCUT2D eigenvalue weighted by Crippen LogP contribution is -2.33. The molecule has 0 radical (unpaired) electrons. The van der Waals surface area contributed by atoms with Crippen LogP contribution in [-0.4, -0.2) is 44.8 Å². The lowest BCUT2D eigenvalue weighted by molar-refractivity contribution is 0.294. The van der Waals surface area contributed by atoms with E-state index in [1.807, 2.05) is 23.1 Å². The van der Waals surface area contributed by atoms with Crippen LogP contribution in [0.3, 0.4) is 0 Å². The second kappa shape index (κ2) is 7.39. The zero-order chi connectivity index (χ0) is 13.4. The van der Waals surface area contributed by atoms with Crippen LogP contribution in [-0.2, 0) is 6.54 Å². The van der Waals surface area contributed by atoms with E-state index < -0.39 is 0 Å². The van der Waals surface area contributed by atoms with Crippen LogP contribution in [0.4, 0.5) is 0 Å². The minimum Gasteiger partial charge on any atom is -0.411 e. The summed E-state index contributed by atoms with van der Waals surface area (Å²) in [6, 6.07) is 5.69. The summed E-state index contributed by atoms with van der Waals surface area (Å²) in [5.41, 5.74) is 2.10. The van der Waals surface area contributed by atoms with Crippen molar-refractivity contribution >= 4 is 11.4 Å². The van der Waals surface area contributed by atoms with Gasteiger partial charge in [0, 0.05) is 25.8 Å². The Kier molecular flexibility index (Phi) is 5.79. The molecule has 0 aliphatic rings. The SMILES string of the molecule is C/C(CN(C/C(C)=N/O)Cc1ccccn1)=N\O. The summed E-state index contributed by atoms with van der Waals surface area (Å²) in [6.45, 7) is 5.04. The predicted molar refractivity (Wildman–Crippen MR) is 69.3 cm³/mol. The first-order chi connectivity index (χ1) is 8.65. The van der Waals surface area contributed by atoms with Crippen molar-refractivity contribution in [2.45, 2.75) is 20.4 Å². The minimum absolute atomic E-state index is 0.486. The van der Waals surface area contributed by atoms with Gasteiger partial charge in [-0.15, -0.1) is 0 Å². The van der Waals surface area contributed by atoms with Gasteiger partial charge < -0.3 is 10.4 Å². The van der Waals surface area contributed by atoms with E-state index in [0.29, 0.717) is 31.1 Å². The van der Waals surface area contributed by atoms with Crippen LogP contribution in [0.5, 0.6) is 0 Å². The number of oxime groups is 2. The summed E-state index contributed by atoms with van der Waals surface area (Å²) in [6.07, 6.45) is 1.73. The first-order valence-corrected chi connectivity index (χ1v) is 5.63. The van der Waals surface area contributed by atoms with Crippen molar-refractivity contribution in [1.29, 1.82) is 0 Å². The molecule has 98 valence electrons. The highest BCUT2D eigenvalue weighted by molar-refractivity contribution is 5.86. The maximum atomic E-state index is 8.71. The highest BCUT2D eigenvalue weighted by Crippen LogP contribution is 2.02. The molecular formula is C12H18N4O2. The Hall–Kier alpha value is -1.95. The monoisotopic (exact) mass is 250 g/mol. The van der Waals surface area contributed by atoms with Crippen LogP contribution in [0.1, 0.15) is 19.5 Å². The number of aromatic nitrogens is 1. The van der Waals surface area contributed by atoms with Crippen LogP contribution in [0.25, 0.3) is 0 Å². The van der Waals surface area contributed by atoms with Gasteiger partial charge in [0.05, 0.1) is 17.1 Å².